The third kappa shape index (κ3) is 3.49. The zero-order chi connectivity index (χ0) is 14.5. The van der Waals surface area contributed by atoms with Crippen LogP contribution in [0.15, 0.2) is 18.2 Å². The summed E-state index contributed by atoms with van der Waals surface area (Å²) in [6.45, 7) is 7.52. The van der Waals surface area contributed by atoms with Crippen molar-refractivity contribution in [1.82, 2.24) is 5.32 Å². The van der Waals surface area contributed by atoms with E-state index in [1.807, 2.05) is 13.0 Å². The van der Waals surface area contributed by atoms with Gasteiger partial charge >= 0.3 is 0 Å². The maximum atomic E-state index is 13.5. The van der Waals surface area contributed by atoms with Gasteiger partial charge in [-0.2, -0.15) is 0 Å². The minimum atomic E-state index is -0.226. The first-order valence-corrected chi connectivity index (χ1v) is 7.43. The molecule has 1 saturated carbocycles. The van der Waals surface area contributed by atoms with Gasteiger partial charge in [0.15, 0.2) is 0 Å². The molecule has 0 heterocycles. The molecule has 3 nitrogen and oxygen atoms in total. The van der Waals surface area contributed by atoms with Crippen LogP contribution < -0.4 is 10.1 Å². The fourth-order valence-electron chi connectivity index (χ4n) is 2.46. The van der Waals surface area contributed by atoms with E-state index in [0.717, 1.165) is 19.4 Å². The van der Waals surface area contributed by atoms with Gasteiger partial charge in [0.25, 0.3) is 0 Å². The van der Waals surface area contributed by atoms with E-state index in [0.29, 0.717) is 24.0 Å². The summed E-state index contributed by atoms with van der Waals surface area (Å²) in [7, 11) is 0. The molecule has 20 heavy (non-hydrogen) atoms. The van der Waals surface area contributed by atoms with Crippen molar-refractivity contribution in [3.63, 3.8) is 0 Å². The van der Waals surface area contributed by atoms with Gasteiger partial charge in [-0.25, -0.2) is 4.39 Å². The second-order valence-corrected chi connectivity index (χ2v) is 5.28. The van der Waals surface area contributed by atoms with E-state index in [4.69, 9.17) is 9.47 Å². The molecular formula is C16H24FNO2. The lowest BCUT2D eigenvalue weighted by molar-refractivity contribution is -0.104. The van der Waals surface area contributed by atoms with E-state index in [1.165, 1.54) is 6.07 Å². The highest BCUT2D eigenvalue weighted by molar-refractivity contribution is 5.28. The summed E-state index contributed by atoms with van der Waals surface area (Å²) in [5.74, 6) is 0.354. The lowest BCUT2D eigenvalue weighted by Crippen LogP contribution is -2.61. The van der Waals surface area contributed by atoms with Crippen LogP contribution in [0.25, 0.3) is 0 Å². The number of hydrogen-bond donors (Lipinski definition) is 1. The van der Waals surface area contributed by atoms with Crippen molar-refractivity contribution in [2.45, 2.75) is 51.9 Å². The number of ether oxygens (including phenoxy) is 2. The van der Waals surface area contributed by atoms with Crippen LogP contribution in [0.5, 0.6) is 5.75 Å². The maximum absolute atomic E-state index is 13.5. The number of rotatable bonds is 7. The summed E-state index contributed by atoms with van der Waals surface area (Å²) in [6.07, 6.45) is 2.06. The highest BCUT2D eigenvalue weighted by atomic mass is 19.1. The Morgan fingerprint density at radius 1 is 1.35 bits per heavy atom. The molecule has 0 spiro atoms. The number of aryl methyl sites for hydroxylation is 1. The molecule has 1 aliphatic carbocycles. The van der Waals surface area contributed by atoms with E-state index in [1.54, 1.807) is 13.0 Å². The van der Waals surface area contributed by atoms with Crippen molar-refractivity contribution in [1.29, 1.82) is 0 Å². The third-order valence-electron chi connectivity index (χ3n) is 3.70. The Labute approximate surface area is 120 Å². The van der Waals surface area contributed by atoms with Crippen molar-refractivity contribution in [3.8, 4) is 5.75 Å². The van der Waals surface area contributed by atoms with Crippen molar-refractivity contribution in [2.75, 3.05) is 13.2 Å². The monoisotopic (exact) mass is 281 g/mol. The largest absolute Gasteiger partial charge is 0.487 e. The molecule has 1 fully saturated rings. The Kier molecular flexibility index (Phi) is 5.38. The van der Waals surface area contributed by atoms with Gasteiger partial charge in [0.1, 0.15) is 23.8 Å². The number of benzene rings is 1. The van der Waals surface area contributed by atoms with Crippen LogP contribution in [-0.4, -0.2) is 31.4 Å². The molecule has 4 heteroatoms. The first-order valence-electron chi connectivity index (χ1n) is 7.43. The molecule has 3 atom stereocenters. The average Bonchev–Trinajstić information content (AvgIpc) is 2.43. The molecule has 0 bridgehead atoms. The minimum Gasteiger partial charge on any atom is -0.487 e. The topological polar surface area (TPSA) is 30.5 Å². The molecule has 3 unspecified atom stereocenters. The molecule has 0 saturated heterocycles. The SMILES string of the molecule is CCCNC1CC(Oc2ccc(C)c(F)c2)C1OCC. The van der Waals surface area contributed by atoms with Crippen molar-refractivity contribution in [2.24, 2.45) is 0 Å². The van der Waals surface area contributed by atoms with Crippen molar-refractivity contribution in [3.05, 3.63) is 29.6 Å². The predicted octanol–water partition coefficient (Wildman–Crippen LogP) is 3.06. The molecule has 1 aromatic carbocycles. The summed E-state index contributed by atoms with van der Waals surface area (Å²) in [5, 5.41) is 3.46. The van der Waals surface area contributed by atoms with E-state index in [9.17, 15) is 4.39 Å². The Morgan fingerprint density at radius 2 is 2.15 bits per heavy atom. The molecule has 0 radical (unpaired) electrons. The van der Waals surface area contributed by atoms with Gasteiger partial charge in [-0.15, -0.1) is 0 Å². The van der Waals surface area contributed by atoms with Crippen LogP contribution in [0.2, 0.25) is 0 Å². The molecule has 2 rings (SSSR count). The Morgan fingerprint density at radius 3 is 2.80 bits per heavy atom. The van der Waals surface area contributed by atoms with E-state index in [2.05, 4.69) is 12.2 Å². The van der Waals surface area contributed by atoms with E-state index >= 15 is 0 Å². The zero-order valence-corrected chi connectivity index (χ0v) is 12.5. The van der Waals surface area contributed by atoms with Crippen LogP contribution in [0.3, 0.4) is 0 Å². The van der Waals surface area contributed by atoms with Crippen LogP contribution in [0, 0.1) is 12.7 Å². The highest BCUT2D eigenvalue weighted by Crippen LogP contribution is 2.29. The lowest BCUT2D eigenvalue weighted by Gasteiger charge is -2.44. The maximum Gasteiger partial charge on any atom is 0.129 e. The Balaban J connectivity index is 1.93. The van der Waals surface area contributed by atoms with E-state index in [-0.39, 0.29) is 18.0 Å². The van der Waals surface area contributed by atoms with Gasteiger partial charge in [0.05, 0.1) is 0 Å². The van der Waals surface area contributed by atoms with Crippen LogP contribution in [-0.2, 0) is 4.74 Å². The zero-order valence-electron chi connectivity index (χ0n) is 12.5. The molecule has 1 N–H and O–H groups in total. The molecular weight excluding hydrogens is 257 g/mol. The molecule has 0 aliphatic heterocycles. The normalized spacial score (nSPS) is 25.3. The standard InChI is InChI=1S/C16H24FNO2/c1-4-8-18-14-10-15(16(14)19-5-2)20-12-7-6-11(3)13(17)9-12/h6-7,9,14-16,18H,4-5,8,10H2,1-3H3. The first kappa shape index (κ1) is 15.3. The second kappa shape index (κ2) is 7.04. The molecule has 112 valence electrons. The van der Waals surface area contributed by atoms with Crippen LogP contribution in [0.4, 0.5) is 4.39 Å². The van der Waals surface area contributed by atoms with Crippen molar-refractivity contribution < 1.29 is 13.9 Å². The average molecular weight is 281 g/mol. The van der Waals surface area contributed by atoms with Gasteiger partial charge in [-0.1, -0.05) is 13.0 Å². The molecule has 1 aromatic rings. The van der Waals surface area contributed by atoms with Gasteiger partial charge in [-0.05, 0) is 38.4 Å². The predicted molar refractivity (Wildman–Crippen MR) is 77.7 cm³/mol. The molecule has 0 amide bonds. The number of hydrogen-bond acceptors (Lipinski definition) is 3. The Bertz CT molecular complexity index is 438. The summed E-state index contributed by atoms with van der Waals surface area (Å²) in [6, 6.07) is 5.35. The second-order valence-electron chi connectivity index (χ2n) is 5.28. The first-order chi connectivity index (χ1) is 9.65. The van der Waals surface area contributed by atoms with Crippen LogP contribution in [0.1, 0.15) is 32.3 Å². The van der Waals surface area contributed by atoms with E-state index < -0.39 is 0 Å². The smallest absolute Gasteiger partial charge is 0.129 e. The highest BCUT2D eigenvalue weighted by Gasteiger charge is 2.43. The van der Waals surface area contributed by atoms with Crippen LogP contribution >= 0.6 is 0 Å². The fourth-order valence-corrected chi connectivity index (χ4v) is 2.46. The summed E-state index contributed by atoms with van der Waals surface area (Å²) in [4.78, 5) is 0. The van der Waals surface area contributed by atoms with Gasteiger partial charge in [-0.3, -0.25) is 0 Å². The van der Waals surface area contributed by atoms with Gasteiger partial charge < -0.3 is 14.8 Å². The van der Waals surface area contributed by atoms with Gasteiger partial charge in [0.2, 0.25) is 0 Å². The summed E-state index contributed by atoms with van der Waals surface area (Å²) < 4.78 is 25.1. The summed E-state index contributed by atoms with van der Waals surface area (Å²) in [5.41, 5.74) is 0.634. The third-order valence-corrected chi connectivity index (χ3v) is 3.70. The quantitative estimate of drug-likeness (QED) is 0.833. The minimum absolute atomic E-state index is 0.00594. The number of halogens is 1. The molecule has 1 aliphatic rings. The Hall–Kier alpha value is -1.13. The molecule has 0 aromatic heterocycles. The fraction of sp³-hybridized carbons (Fsp3) is 0.625. The van der Waals surface area contributed by atoms with Crippen molar-refractivity contribution >= 4 is 0 Å². The summed E-state index contributed by atoms with van der Waals surface area (Å²) >= 11 is 0. The van der Waals surface area contributed by atoms with Gasteiger partial charge in [0, 0.05) is 25.1 Å². The number of nitrogens with one attached hydrogen (secondary N) is 1. The lowest BCUT2D eigenvalue weighted by atomic mass is 9.85.